The first-order valence-electron chi connectivity index (χ1n) is 22.7. The summed E-state index contributed by atoms with van der Waals surface area (Å²) in [6, 6.07) is 0. The molecule has 0 aliphatic heterocycles. The number of aliphatic hydroxyl groups excluding tert-OH is 1. The van der Waals surface area contributed by atoms with Crippen LogP contribution in [0.4, 0.5) is 0 Å². The van der Waals surface area contributed by atoms with Gasteiger partial charge in [0.25, 0.3) is 0 Å². The first-order valence-corrected chi connectivity index (χ1v) is 22.7. The van der Waals surface area contributed by atoms with Crippen molar-refractivity contribution in [3.05, 3.63) is 12.2 Å². The molecule has 5 rings (SSSR count). The van der Waals surface area contributed by atoms with Gasteiger partial charge in [-0.05, 0) is 140 Å². The topological polar surface area (TPSA) is 57.5 Å². The highest BCUT2D eigenvalue weighted by Gasteiger charge is 2.71. The van der Waals surface area contributed by atoms with Crippen molar-refractivity contribution in [1.82, 2.24) is 0 Å². The molecule has 51 heavy (non-hydrogen) atoms. The van der Waals surface area contributed by atoms with Crippen LogP contribution >= 0.6 is 0 Å². The third-order valence-electron chi connectivity index (χ3n) is 18.1. The Morgan fingerprint density at radius 1 is 0.667 bits per heavy atom. The van der Waals surface area contributed by atoms with Crippen molar-refractivity contribution in [2.24, 2.45) is 62.6 Å². The largest absolute Gasteiger partial charge is 0.481 e. The lowest BCUT2D eigenvalue weighted by atomic mass is 9.31. The Balaban J connectivity index is 1.05. The third kappa shape index (κ3) is 8.25. The molecule has 0 aromatic rings. The van der Waals surface area contributed by atoms with Crippen LogP contribution in [0.25, 0.3) is 0 Å². The molecule has 11 atom stereocenters. The lowest BCUT2D eigenvalue weighted by molar-refractivity contribution is -0.270. The third-order valence-corrected chi connectivity index (χ3v) is 18.1. The zero-order chi connectivity index (χ0) is 37.1. The number of hydrogen-bond acceptors (Lipinski definition) is 2. The lowest BCUT2D eigenvalue weighted by Crippen LogP contribution is -2.69. The molecule has 5 aliphatic carbocycles. The number of aliphatic carboxylic acids is 1. The molecular formula is C48H84O3. The minimum atomic E-state index is -0.654. The van der Waals surface area contributed by atoms with Crippen molar-refractivity contribution in [1.29, 1.82) is 0 Å². The summed E-state index contributed by atoms with van der Waals surface area (Å²) in [4.78, 5) is 10.6. The molecule has 5 aliphatic rings. The summed E-state index contributed by atoms with van der Waals surface area (Å²) in [7, 11) is 0. The summed E-state index contributed by atoms with van der Waals surface area (Å²) in [6.45, 7) is 22.7. The van der Waals surface area contributed by atoms with E-state index in [0.717, 1.165) is 42.9 Å². The lowest BCUT2D eigenvalue weighted by Gasteiger charge is -2.74. The number of aliphatic hydroxyl groups is 1. The van der Waals surface area contributed by atoms with Crippen molar-refractivity contribution in [2.75, 3.05) is 0 Å². The SMILES string of the molecule is C=C(C)[C@@H]1CC[C@]2(C)CC[C@]3(C)[C@H](CC[C@@H]4[C@@]5(C)CC[C@H](CCCCCCCCCCCCCCCCCC(=O)O)C(C)(C)[C@@H]5[C@@H](O)C[C@]43C)[C@@H]12. The van der Waals surface area contributed by atoms with Gasteiger partial charge in [-0.25, -0.2) is 0 Å². The molecule has 0 saturated heterocycles. The van der Waals surface area contributed by atoms with E-state index in [2.05, 4.69) is 55.0 Å². The van der Waals surface area contributed by atoms with Gasteiger partial charge in [0.2, 0.25) is 0 Å². The zero-order valence-electron chi connectivity index (χ0n) is 34.9. The summed E-state index contributed by atoms with van der Waals surface area (Å²) in [5, 5.41) is 21.1. The van der Waals surface area contributed by atoms with E-state index in [-0.39, 0.29) is 22.3 Å². The fourth-order valence-electron chi connectivity index (χ4n) is 15.2. The van der Waals surface area contributed by atoms with E-state index < -0.39 is 5.97 Å². The van der Waals surface area contributed by atoms with Crippen LogP contribution in [0.3, 0.4) is 0 Å². The molecule has 0 aromatic heterocycles. The molecule has 0 heterocycles. The van der Waals surface area contributed by atoms with E-state index in [9.17, 15) is 9.90 Å². The van der Waals surface area contributed by atoms with Gasteiger partial charge in [0.1, 0.15) is 0 Å². The second kappa shape index (κ2) is 16.9. The first kappa shape index (κ1) is 41.3. The van der Waals surface area contributed by atoms with Gasteiger partial charge in [-0.15, -0.1) is 0 Å². The summed E-state index contributed by atoms with van der Waals surface area (Å²) in [6.07, 6.45) is 33.1. The highest BCUT2D eigenvalue weighted by atomic mass is 16.4. The zero-order valence-corrected chi connectivity index (χ0v) is 34.9. The summed E-state index contributed by atoms with van der Waals surface area (Å²) < 4.78 is 0. The Labute approximate surface area is 316 Å². The van der Waals surface area contributed by atoms with Gasteiger partial charge in [0.05, 0.1) is 6.10 Å². The van der Waals surface area contributed by atoms with Crippen LogP contribution in [-0.2, 0) is 4.79 Å². The molecule has 0 radical (unpaired) electrons. The molecule has 0 unspecified atom stereocenters. The average Bonchev–Trinajstić information content (AvgIpc) is 3.41. The van der Waals surface area contributed by atoms with Gasteiger partial charge < -0.3 is 10.2 Å². The highest BCUT2D eigenvalue weighted by molar-refractivity contribution is 5.66. The van der Waals surface area contributed by atoms with Gasteiger partial charge in [0.15, 0.2) is 0 Å². The number of carboxylic acids is 1. The Hall–Kier alpha value is -0.830. The fourth-order valence-corrected chi connectivity index (χ4v) is 15.2. The maximum Gasteiger partial charge on any atom is 0.303 e. The summed E-state index contributed by atoms with van der Waals surface area (Å²) in [5.41, 5.74) is 2.92. The number of hydrogen-bond donors (Lipinski definition) is 2. The second-order valence-corrected chi connectivity index (χ2v) is 21.3. The number of unbranched alkanes of at least 4 members (excludes halogenated alkanes) is 14. The maximum atomic E-state index is 12.4. The standard InChI is InChI=1S/C48H84O3/c1-35(2)37-29-30-45(5)32-33-47(7)38(42(37)45)26-27-40-46(6)31-28-36(44(3,4)43(46)39(49)34-48(40,47)8)24-22-20-18-16-14-12-10-9-11-13-15-17-19-21-23-25-41(50)51/h36-40,42-43,49H,1,9-34H2,2-8H3,(H,50,51)/t36-,37-,38+,39-,40+,42+,43-,45+,46+,47+,48+/m0/s1. The van der Waals surface area contributed by atoms with Crippen molar-refractivity contribution < 1.29 is 15.0 Å². The first-order chi connectivity index (χ1) is 24.1. The van der Waals surface area contributed by atoms with Crippen LogP contribution in [0.2, 0.25) is 0 Å². The van der Waals surface area contributed by atoms with Crippen LogP contribution in [0.5, 0.6) is 0 Å². The molecule has 3 heteroatoms. The molecule has 3 nitrogen and oxygen atoms in total. The molecule has 2 N–H and O–H groups in total. The van der Waals surface area contributed by atoms with E-state index in [1.165, 1.54) is 147 Å². The molecule has 0 bridgehead atoms. The predicted octanol–water partition coefficient (Wildman–Crippen LogP) is 14.0. The molecule has 5 saturated carbocycles. The van der Waals surface area contributed by atoms with Crippen LogP contribution in [0.1, 0.15) is 215 Å². The monoisotopic (exact) mass is 709 g/mol. The number of rotatable bonds is 19. The molecule has 294 valence electrons. The Bertz CT molecular complexity index is 1160. The van der Waals surface area contributed by atoms with Gasteiger partial charge in [-0.1, -0.05) is 144 Å². The van der Waals surface area contributed by atoms with Crippen molar-refractivity contribution >= 4 is 5.97 Å². The highest BCUT2D eigenvalue weighted by Crippen LogP contribution is 2.77. The van der Waals surface area contributed by atoms with E-state index in [1.54, 1.807) is 0 Å². The normalized spacial score (nSPS) is 41.3. The molecular weight excluding hydrogens is 625 g/mol. The quantitative estimate of drug-likeness (QED) is 0.104. The van der Waals surface area contributed by atoms with Gasteiger partial charge in [-0.3, -0.25) is 4.79 Å². The number of carbonyl (C=O) groups is 1. The van der Waals surface area contributed by atoms with Crippen LogP contribution in [0.15, 0.2) is 12.2 Å². The van der Waals surface area contributed by atoms with Crippen molar-refractivity contribution in [2.45, 2.75) is 222 Å². The predicted molar refractivity (Wildman–Crippen MR) is 216 cm³/mol. The fraction of sp³-hybridized carbons (Fsp3) is 0.938. The second-order valence-electron chi connectivity index (χ2n) is 21.3. The van der Waals surface area contributed by atoms with Gasteiger partial charge in [0, 0.05) is 6.42 Å². The van der Waals surface area contributed by atoms with Crippen molar-refractivity contribution in [3.8, 4) is 0 Å². The average molecular weight is 709 g/mol. The number of fused-ring (bicyclic) bond motifs is 7. The van der Waals surface area contributed by atoms with Gasteiger partial charge in [-0.2, -0.15) is 0 Å². The van der Waals surface area contributed by atoms with E-state index >= 15 is 0 Å². The Morgan fingerprint density at radius 2 is 1.22 bits per heavy atom. The molecule has 0 aromatic carbocycles. The van der Waals surface area contributed by atoms with E-state index in [0.29, 0.717) is 29.1 Å². The smallest absolute Gasteiger partial charge is 0.303 e. The van der Waals surface area contributed by atoms with Gasteiger partial charge >= 0.3 is 5.97 Å². The summed E-state index contributed by atoms with van der Waals surface area (Å²) >= 11 is 0. The minimum absolute atomic E-state index is 0.172. The van der Waals surface area contributed by atoms with E-state index in [4.69, 9.17) is 5.11 Å². The van der Waals surface area contributed by atoms with E-state index in [1.807, 2.05) is 0 Å². The van der Waals surface area contributed by atoms with Crippen molar-refractivity contribution in [3.63, 3.8) is 0 Å². The maximum absolute atomic E-state index is 12.4. The molecule has 5 fully saturated rings. The molecule has 0 spiro atoms. The van der Waals surface area contributed by atoms with Crippen LogP contribution in [0, 0.1) is 62.6 Å². The molecule has 0 amide bonds. The number of carboxylic acid groups (broad SMARTS) is 1. The minimum Gasteiger partial charge on any atom is -0.481 e. The Kier molecular flexibility index (Phi) is 13.7. The summed E-state index contributed by atoms with van der Waals surface area (Å²) in [5.74, 6) is 3.52. The van der Waals surface area contributed by atoms with Crippen LogP contribution in [-0.4, -0.2) is 22.3 Å². The van der Waals surface area contributed by atoms with Crippen LogP contribution < -0.4 is 0 Å². The Morgan fingerprint density at radius 3 is 1.76 bits per heavy atom. The number of allylic oxidation sites excluding steroid dienone is 1.